The van der Waals surface area contributed by atoms with Crippen molar-refractivity contribution >= 4 is 40.9 Å². The maximum absolute atomic E-state index is 12.0. The molecule has 0 aromatic heterocycles. The van der Waals surface area contributed by atoms with Gasteiger partial charge >= 0.3 is 0 Å². The van der Waals surface area contributed by atoms with Gasteiger partial charge in [-0.25, -0.2) is 0 Å². The van der Waals surface area contributed by atoms with Crippen molar-refractivity contribution in [3.8, 4) is 0 Å². The van der Waals surface area contributed by atoms with E-state index in [2.05, 4.69) is 5.32 Å². The predicted octanol–water partition coefficient (Wildman–Crippen LogP) is 2.98. The summed E-state index contributed by atoms with van der Waals surface area (Å²) in [6, 6.07) is 4.92. The van der Waals surface area contributed by atoms with Crippen LogP contribution in [0.1, 0.15) is 23.2 Å². The highest BCUT2D eigenvalue weighted by Gasteiger charge is 2.30. The number of hydrogen-bond acceptors (Lipinski definition) is 3. The van der Waals surface area contributed by atoms with E-state index in [1.807, 2.05) is 11.8 Å². The zero-order valence-corrected chi connectivity index (χ0v) is 12.6. The van der Waals surface area contributed by atoms with E-state index < -0.39 is 5.60 Å². The molecule has 6 heteroatoms. The molecule has 0 saturated carbocycles. The van der Waals surface area contributed by atoms with Crippen molar-refractivity contribution in [3.63, 3.8) is 0 Å². The van der Waals surface area contributed by atoms with Crippen LogP contribution < -0.4 is 5.32 Å². The van der Waals surface area contributed by atoms with Crippen LogP contribution in [0.2, 0.25) is 10.0 Å². The first kappa shape index (κ1) is 15.0. The van der Waals surface area contributed by atoms with Crippen LogP contribution in [0.3, 0.4) is 0 Å². The van der Waals surface area contributed by atoms with Crippen LogP contribution in [0.4, 0.5) is 0 Å². The molecule has 3 nitrogen and oxygen atoms in total. The third-order valence-electron chi connectivity index (χ3n) is 3.20. The van der Waals surface area contributed by atoms with Crippen LogP contribution in [0.15, 0.2) is 18.2 Å². The Hall–Kier alpha value is -0.420. The highest BCUT2D eigenvalue weighted by molar-refractivity contribution is 7.99. The summed E-state index contributed by atoms with van der Waals surface area (Å²) >= 11 is 13.7. The summed E-state index contributed by atoms with van der Waals surface area (Å²) in [6.45, 7) is 0.245. The topological polar surface area (TPSA) is 49.3 Å². The number of carbonyl (C=O) groups excluding carboxylic acids is 1. The SMILES string of the molecule is O=C(NCC1(O)CCSCC1)c1cccc(Cl)c1Cl. The van der Waals surface area contributed by atoms with Crippen molar-refractivity contribution in [2.75, 3.05) is 18.1 Å². The fraction of sp³-hybridized carbons (Fsp3) is 0.462. The van der Waals surface area contributed by atoms with Crippen molar-refractivity contribution < 1.29 is 9.90 Å². The standard InChI is InChI=1S/C13H15Cl2NO2S/c14-10-3-1-2-9(11(10)15)12(17)16-8-13(18)4-6-19-7-5-13/h1-3,18H,4-8H2,(H,16,17). The van der Waals surface area contributed by atoms with Crippen LogP contribution in [0, 0.1) is 0 Å². The van der Waals surface area contributed by atoms with Crippen molar-refractivity contribution in [1.29, 1.82) is 0 Å². The van der Waals surface area contributed by atoms with E-state index in [1.54, 1.807) is 18.2 Å². The fourth-order valence-corrected chi connectivity index (χ4v) is 3.59. The molecule has 1 amide bonds. The molecule has 1 fully saturated rings. The Morgan fingerprint density at radius 3 is 2.74 bits per heavy atom. The Bertz CT molecular complexity index is 476. The summed E-state index contributed by atoms with van der Waals surface area (Å²) < 4.78 is 0. The number of amides is 1. The van der Waals surface area contributed by atoms with Crippen molar-refractivity contribution in [1.82, 2.24) is 5.32 Å². The molecular weight excluding hydrogens is 305 g/mol. The molecule has 2 rings (SSSR count). The number of hydrogen-bond donors (Lipinski definition) is 2. The second-order valence-electron chi connectivity index (χ2n) is 4.62. The van der Waals surface area contributed by atoms with Crippen LogP contribution in [-0.2, 0) is 0 Å². The second-order valence-corrected chi connectivity index (χ2v) is 6.63. The molecular formula is C13H15Cl2NO2S. The van der Waals surface area contributed by atoms with Gasteiger partial charge in [0.15, 0.2) is 0 Å². The maximum atomic E-state index is 12.0. The van der Waals surface area contributed by atoms with E-state index in [9.17, 15) is 9.90 Å². The Kier molecular flexibility index (Phi) is 5.01. The van der Waals surface area contributed by atoms with E-state index in [1.165, 1.54) is 0 Å². The van der Waals surface area contributed by atoms with Crippen molar-refractivity contribution in [2.24, 2.45) is 0 Å². The first-order valence-electron chi connectivity index (χ1n) is 6.04. The number of thioether (sulfide) groups is 1. The summed E-state index contributed by atoms with van der Waals surface area (Å²) in [7, 11) is 0. The monoisotopic (exact) mass is 319 g/mol. The van der Waals surface area contributed by atoms with E-state index in [-0.39, 0.29) is 17.5 Å². The van der Waals surface area contributed by atoms with Gasteiger partial charge in [-0.15, -0.1) is 0 Å². The van der Waals surface area contributed by atoms with Gasteiger partial charge in [0.1, 0.15) is 0 Å². The summed E-state index contributed by atoms with van der Waals surface area (Å²) in [4.78, 5) is 12.0. The van der Waals surface area contributed by atoms with E-state index >= 15 is 0 Å². The number of rotatable bonds is 3. The predicted molar refractivity (Wildman–Crippen MR) is 80.3 cm³/mol. The summed E-state index contributed by atoms with van der Waals surface area (Å²) in [5.41, 5.74) is -0.464. The lowest BCUT2D eigenvalue weighted by Crippen LogP contribution is -2.45. The van der Waals surface area contributed by atoms with Gasteiger partial charge in [0.05, 0.1) is 21.2 Å². The Labute approximate surface area is 126 Å². The lowest BCUT2D eigenvalue weighted by atomic mass is 9.97. The zero-order chi connectivity index (χ0) is 13.9. The van der Waals surface area contributed by atoms with Gasteiger partial charge in [0.2, 0.25) is 0 Å². The van der Waals surface area contributed by atoms with Gasteiger partial charge in [0, 0.05) is 6.54 Å². The number of nitrogens with one attached hydrogen (secondary N) is 1. The molecule has 19 heavy (non-hydrogen) atoms. The normalized spacial score (nSPS) is 18.1. The molecule has 1 aliphatic heterocycles. The lowest BCUT2D eigenvalue weighted by molar-refractivity contribution is 0.0311. The minimum absolute atomic E-state index is 0.243. The Morgan fingerprint density at radius 2 is 2.05 bits per heavy atom. The molecule has 0 aliphatic carbocycles. The maximum Gasteiger partial charge on any atom is 0.252 e. The van der Waals surface area contributed by atoms with E-state index in [0.29, 0.717) is 23.4 Å². The number of carbonyl (C=O) groups is 1. The molecule has 1 saturated heterocycles. The zero-order valence-electron chi connectivity index (χ0n) is 10.3. The quantitative estimate of drug-likeness (QED) is 0.900. The molecule has 104 valence electrons. The molecule has 1 heterocycles. The van der Waals surface area contributed by atoms with E-state index in [0.717, 1.165) is 11.5 Å². The lowest BCUT2D eigenvalue weighted by Gasteiger charge is -2.31. The second kappa shape index (κ2) is 6.35. The highest BCUT2D eigenvalue weighted by Crippen LogP contribution is 2.27. The molecule has 0 unspecified atom stereocenters. The number of benzene rings is 1. The van der Waals surface area contributed by atoms with Gasteiger partial charge < -0.3 is 10.4 Å². The van der Waals surface area contributed by atoms with Crippen LogP contribution in [0.25, 0.3) is 0 Å². The Morgan fingerprint density at radius 1 is 1.37 bits per heavy atom. The van der Waals surface area contributed by atoms with Gasteiger partial charge in [-0.2, -0.15) is 11.8 Å². The Balaban J connectivity index is 1.99. The third-order valence-corrected chi connectivity index (χ3v) is 5.00. The van der Waals surface area contributed by atoms with Crippen LogP contribution in [-0.4, -0.2) is 34.7 Å². The van der Waals surface area contributed by atoms with Gasteiger partial charge in [-0.05, 0) is 36.5 Å². The molecule has 0 bridgehead atoms. The fourth-order valence-electron chi connectivity index (χ4n) is 1.95. The summed E-state index contributed by atoms with van der Waals surface area (Å²) in [5, 5.41) is 13.6. The van der Waals surface area contributed by atoms with Crippen molar-refractivity contribution in [3.05, 3.63) is 33.8 Å². The average molecular weight is 320 g/mol. The molecule has 1 aromatic carbocycles. The molecule has 2 N–H and O–H groups in total. The molecule has 0 radical (unpaired) electrons. The smallest absolute Gasteiger partial charge is 0.252 e. The van der Waals surface area contributed by atoms with Crippen LogP contribution >= 0.6 is 35.0 Å². The summed E-state index contributed by atoms with van der Waals surface area (Å²) in [6.07, 6.45) is 1.39. The van der Waals surface area contributed by atoms with Gasteiger partial charge in [-0.1, -0.05) is 29.3 Å². The highest BCUT2D eigenvalue weighted by atomic mass is 35.5. The third kappa shape index (κ3) is 3.78. The molecule has 0 atom stereocenters. The average Bonchev–Trinajstić information content (AvgIpc) is 2.40. The molecule has 1 aromatic rings. The van der Waals surface area contributed by atoms with Gasteiger partial charge in [-0.3, -0.25) is 4.79 Å². The first-order chi connectivity index (χ1) is 9.02. The number of aliphatic hydroxyl groups is 1. The molecule has 0 spiro atoms. The molecule has 1 aliphatic rings. The minimum atomic E-state index is -0.800. The largest absolute Gasteiger partial charge is 0.388 e. The number of halogens is 2. The first-order valence-corrected chi connectivity index (χ1v) is 7.95. The minimum Gasteiger partial charge on any atom is -0.388 e. The van der Waals surface area contributed by atoms with E-state index in [4.69, 9.17) is 23.2 Å². The van der Waals surface area contributed by atoms with Gasteiger partial charge in [0.25, 0.3) is 5.91 Å². The summed E-state index contributed by atoms with van der Waals surface area (Å²) in [5.74, 6) is 1.54. The van der Waals surface area contributed by atoms with Crippen LogP contribution in [0.5, 0.6) is 0 Å². The van der Waals surface area contributed by atoms with Crippen molar-refractivity contribution in [2.45, 2.75) is 18.4 Å².